The molecule has 10 nitrogen and oxygen atoms in total. The number of aliphatic hydroxyl groups excluding tert-OH is 1. The van der Waals surface area contributed by atoms with E-state index in [1.165, 1.54) is 29.6 Å². The van der Waals surface area contributed by atoms with Crippen molar-refractivity contribution in [1.29, 1.82) is 0 Å². The van der Waals surface area contributed by atoms with Crippen LogP contribution < -0.4 is 10.2 Å². The van der Waals surface area contributed by atoms with Crippen LogP contribution in [0.3, 0.4) is 0 Å². The van der Waals surface area contributed by atoms with E-state index in [0.29, 0.717) is 24.6 Å². The fourth-order valence-corrected chi connectivity index (χ4v) is 5.67. The number of aromatic nitrogens is 5. The Morgan fingerprint density at radius 3 is 2.51 bits per heavy atom. The average molecular weight is 563 g/mol. The van der Waals surface area contributed by atoms with Crippen molar-refractivity contribution in [1.82, 2.24) is 29.4 Å². The molecule has 5 heterocycles. The molecular formula is C29H32F2N8O2. The monoisotopic (exact) mass is 562 g/mol. The Kier molecular flexibility index (Phi) is 7.48. The van der Waals surface area contributed by atoms with E-state index in [1.54, 1.807) is 0 Å². The van der Waals surface area contributed by atoms with Gasteiger partial charge in [-0.2, -0.15) is 0 Å². The van der Waals surface area contributed by atoms with Crippen LogP contribution in [0.15, 0.2) is 43.1 Å². The van der Waals surface area contributed by atoms with Crippen molar-refractivity contribution in [3.63, 3.8) is 0 Å². The van der Waals surface area contributed by atoms with Crippen molar-refractivity contribution in [3.8, 4) is 0 Å². The second-order valence-corrected chi connectivity index (χ2v) is 10.7. The Morgan fingerprint density at radius 1 is 1.05 bits per heavy atom. The lowest BCUT2D eigenvalue weighted by Gasteiger charge is -2.32. The molecule has 0 bridgehead atoms. The number of hydrogen-bond donors (Lipinski definition) is 2. The smallest absolute Gasteiger partial charge is 0.254 e. The number of hydrogen-bond acceptors (Lipinski definition) is 8. The standard InChI is InChI=1S/C29H32F2N8O2/c1-2-3-18-13-32-29(33-14-18)37-9-6-20(7-10-37)39-16-23(31)25-26(34-17-35-27(25)39)36-24-5-4-19(12-22(24)30)28(41)38-11-8-21(40)15-38/h4-5,12-14,16-17,20-21,40H,2-3,6-11,15H2,1H3,(H,34,35,36)/t21-/m1/s1. The van der Waals surface area contributed by atoms with Crippen molar-refractivity contribution in [2.45, 2.75) is 51.2 Å². The third-order valence-electron chi connectivity index (χ3n) is 7.85. The van der Waals surface area contributed by atoms with Crippen molar-refractivity contribution >= 4 is 34.4 Å². The second kappa shape index (κ2) is 11.4. The van der Waals surface area contributed by atoms with Crippen LogP contribution in [0.1, 0.15) is 54.6 Å². The predicted molar refractivity (Wildman–Crippen MR) is 150 cm³/mol. The number of piperidine rings is 1. The highest BCUT2D eigenvalue weighted by atomic mass is 19.1. The van der Waals surface area contributed by atoms with E-state index >= 15 is 8.78 Å². The summed E-state index contributed by atoms with van der Waals surface area (Å²) in [5.74, 6) is -0.663. The van der Waals surface area contributed by atoms with Crippen LogP contribution in [0, 0.1) is 11.6 Å². The molecule has 0 radical (unpaired) electrons. The Bertz CT molecular complexity index is 1550. The van der Waals surface area contributed by atoms with Crippen LogP contribution in [-0.2, 0) is 6.42 Å². The fourth-order valence-electron chi connectivity index (χ4n) is 5.67. The number of rotatable bonds is 7. The minimum absolute atomic E-state index is 0.0199. The van der Waals surface area contributed by atoms with Gasteiger partial charge in [-0.05, 0) is 49.4 Å². The van der Waals surface area contributed by atoms with Gasteiger partial charge in [-0.15, -0.1) is 0 Å². The van der Waals surface area contributed by atoms with Gasteiger partial charge in [-0.3, -0.25) is 4.79 Å². The Balaban J connectivity index is 1.17. The number of halogens is 2. The molecule has 1 atom stereocenters. The van der Waals surface area contributed by atoms with Gasteiger partial charge in [-0.1, -0.05) is 13.3 Å². The minimum atomic E-state index is -0.667. The quantitative estimate of drug-likeness (QED) is 0.344. The van der Waals surface area contributed by atoms with E-state index in [1.807, 2.05) is 17.0 Å². The second-order valence-electron chi connectivity index (χ2n) is 10.7. The molecule has 3 aromatic heterocycles. The molecule has 2 fully saturated rings. The third kappa shape index (κ3) is 5.43. The van der Waals surface area contributed by atoms with Gasteiger partial charge >= 0.3 is 0 Å². The number of likely N-dealkylation sites (tertiary alicyclic amines) is 1. The maximum Gasteiger partial charge on any atom is 0.254 e. The van der Waals surface area contributed by atoms with Gasteiger partial charge in [0.2, 0.25) is 5.95 Å². The molecule has 1 amide bonds. The zero-order valence-corrected chi connectivity index (χ0v) is 22.8. The van der Waals surface area contributed by atoms with Crippen molar-refractivity contribution < 1.29 is 18.7 Å². The highest BCUT2D eigenvalue weighted by Gasteiger charge is 2.27. The number of aryl methyl sites for hydroxylation is 1. The largest absolute Gasteiger partial charge is 0.391 e. The van der Waals surface area contributed by atoms with Gasteiger partial charge in [0.15, 0.2) is 5.82 Å². The molecule has 41 heavy (non-hydrogen) atoms. The summed E-state index contributed by atoms with van der Waals surface area (Å²) in [6.45, 7) is 4.23. The first-order valence-electron chi connectivity index (χ1n) is 14.0. The predicted octanol–water partition coefficient (Wildman–Crippen LogP) is 4.24. The lowest BCUT2D eigenvalue weighted by atomic mass is 10.1. The number of aliphatic hydroxyl groups is 1. The highest BCUT2D eigenvalue weighted by molar-refractivity contribution is 5.95. The molecule has 0 spiro atoms. The van der Waals surface area contributed by atoms with Crippen LogP contribution in [0.25, 0.3) is 11.0 Å². The zero-order chi connectivity index (χ0) is 28.5. The van der Waals surface area contributed by atoms with Crippen LogP contribution in [-0.4, -0.2) is 72.7 Å². The lowest BCUT2D eigenvalue weighted by Crippen LogP contribution is -2.35. The van der Waals surface area contributed by atoms with E-state index in [0.717, 1.165) is 50.4 Å². The minimum Gasteiger partial charge on any atom is -0.391 e. The normalized spacial score (nSPS) is 17.9. The summed E-state index contributed by atoms with van der Waals surface area (Å²) in [6, 6.07) is 4.11. The summed E-state index contributed by atoms with van der Waals surface area (Å²) in [6.07, 6.45) is 9.98. The number of nitrogens with one attached hydrogen (secondary N) is 1. The van der Waals surface area contributed by atoms with Gasteiger partial charge in [0.25, 0.3) is 5.91 Å². The van der Waals surface area contributed by atoms with Crippen molar-refractivity contribution in [2.75, 3.05) is 36.4 Å². The average Bonchev–Trinajstić information content (AvgIpc) is 3.58. The summed E-state index contributed by atoms with van der Waals surface area (Å²) in [5, 5.41) is 12.8. The summed E-state index contributed by atoms with van der Waals surface area (Å²) in [4.78, 5) is 33.9. The number of amides is 1. The van der Waals surface area contributed by atoms with Crippen molar-refractivity contribution in [3.05, 3.63) is 65.9 Å². The van der Waals surface area contributed by atoms with Crippen LogP contribution in [0.2, 0.25) is 0 Å². The van der Waals surface area contributed by atoms with Crippen LogP contribution in [0.5, 0.6) is 0 Å². The maximum atomic E-state index is 15.3. The molecule has 0 saturated carbocycles. The number of carbonyl (C=O) groups is 1. The van der Waals surface area contributed by atoms with E-state index in [-0.39, 0.29) is 40.9 Å². The summed E-state index contributed by atoms with van der Waals surface area (Å²) in [5.41, 5.74) is 1.80. The number of β-amino-alcohol motifs (C(OH)–C–C–N with tert-alkyl or cyclic N) is 1. The first kappa shape index (κ1) is 27.0. The van der Waals surface area contributed by atoms with Gasteiger partial charge < -0.3 is 24.8 Å². The molecule has 2 aliphatic heterocycles. The number of carbonyl (C=O) groups excluding carboxylic acids is 1. The van der Waals surface area contributed by atoms with Gasteiger partial charge in [-0.25, -0.2) is 28.7 Å². The molecule has 0 aliphatic carbocycles. The number of nitrogens with zero attached hydrogens (tertiary/aromatic N) is 7. The van der Waals surface area contributed by atoms with Crippen LogP contribution >= 0.6 is 0 Å². The van der Waals surface area contributed by atoms with E-state index < -0.39 is 17.7 Å². The third-order valence-corrected chi connectivity index (χ3v) is 7.85. The fraction of sp³-hybridized carbons (Fsp3) is 0.414. The number of fused-ring (bicyclic) bond motifs is 1. The number of anilines is 3. The Labute approximate surface area is 236 Å². The molecule has 2 N–H and O–H groups in total. The molecule has 6 rings (SSSR count). The topological polar surface area (TPSA) is 112 Å². The molecule has 12 heteroatoms. The lowest BCUT2D eigenvalue weighted by molar-refractivity contribution is 0.0764. The van der Waals surface area contributed by atoms with Gasteiger partial charge in [0.1, 0.15) is 23.6 Å². The van der Waals surface area contributed by atoms with E-state index in [4.69, 9.17) is 0 Å². The summed E-state index contributed by atoms with van der Waals surface area (Å²) in [7, 11) is 0. The maximum absolute atomic E-state index is 15.3. The molecule has 1 aromatic carbocycles. The first-order chi connectivity index (χ1) is 19.9. The van der Waals surface area contributed by atoms with Crippen molar-refractivity contribution in [2.24, 2.45) is 0 Å². The first-order valence-corrected chi connectivity index (χ1v) is 14.0. The molecule has 2 aliphatic rings. The zero-order valence-electron chi connectivity index (χ0n) is 22.8. The number of benzene rings is 1. The molecule has 0 unspecified atom stereocenters. The summed E-state index contributed by atoms with van der Waals surface area (Å²) >= 11 is 0. The van der Waals surface area contributed by atoms with Gasteiger partial charge in [0.05, 0.1) is 17.2 Å². The molecule has 2 saturated heterocycles. The molecule has 4 aromatic rings. The Hall–Kier alpha value is -4.19. The van der Waals surface area contributed by atoms with E-state index in [2.05, 4.69) is 37.1 Å². The van der Waals surface area contributed by atoms with Crippen LogP contribution in [0.4, 0.5) is 26.2 Å². The highest BCUT2D eigenvalue weighted by Crippen LogP contribution is 2.33. The summed E-state index contributed by atoms with van der Waals surface area (Å²) < 4.78 is 32.2. The van der Waals surface area contributed by atoms with E-state index in [9.17, 15) is 9.90 Å². The Morgan fingerprint density at radius 2 is 1.83 bits per heavy atom. The SMILES string of the molecule is CCCc1cnc(N2CCC(n3cc(F)c4c(Nc5ccc(C(=O)N6CC[C@@H](O)C6)cc5F)ncnc43)CC2)nc1. The van der Waals surface area contributed by atoms with Gasteiger partial charge in [0, 0.05) is 56.4 Å². The molecule has 214 valence electrons. The molecular weight excluding hydrogens is 530 g/mol.